The Morgan fingerprint density at radius 2 is 1.00 bits per heavy atom. The summed E-state index contributed by atoms with van der Waals surface area (Å²) in [7, 11) is 0. The molecule has 0 saturated carbocycles. The number of nitrogens with zero attached hydrogens (tertiary/aromatic N) is 2. The smallest absolute Gasteiger partial charge is 0.154 e. The van der Waals surface area contributed by atoms with Crippen molar-refractivity contribution in [3.8, 4) is 0 Å². The highest BCUT2D eigenvalue weighted by molar-refractivity contribution is 3.87. The summed E-state index contributed by atoms with van der Waals surface area (Å²) < 4.78 is 0. The third kappa shape index (κ3) is 19.9. The van der Waals surface area contributed by atoms with E-state index in [0.29, 0.717) is 0 Å². The quantitative estimate of drug-likeness (QED) is 0.223. The van der Waals surface area contributed by atoms with Gasteiger partial charge in [-0.3, -0.25) is 0 Å². The van der Waals surface area contributed by atoms with Crippen molar-refractivity contribution in [1.29, 1.82) is 0 Å². The Morgan fingerprint density at radius 3 is 1.00 bits per heavy atom. The lowest BCUT2D eigenvalue weighted by molar-refractivity contribution is -0.491. The fourth-order valence-electron chi connectivity index (χ4n) is 0. The zero-order chi connectivity index (χ0) is 7.15. The molecule has 0 aromatic carbocycles. The molecule has 0 aromatic heterocycles. The number of hydrazine groups is 2. The second-order valence-electron chi connectivity index (χ2n) is 0.571. The molecule has 0 rings (SSSR count). The number of nitro groups is 2. The van der Waals surface area contributed by atoms with Gasteiger partial charge in [0.05, 0.1) is 0 Å². The molecule has 0 aliphatic rings. The summed E-state index contributed by atoms with van der Waals surface area (Å²) in [6.07, 6.45) is 0. The van der Waals surface area contributed by atoms with Crippen molar-refractivity contribution < 1.29 is 10.1 Å². The zero-order valence-corrected chi connectivity index (χ0v) is 3.68. The van der Waals surface area contributed by atoms with Gasteiger partial charge in [0.1, 0.15) is 0 Å². The maximum absolute atomic E-state index is 8.58. The lowest BCUT2D eigenvalue weighted by atomic mass is 12.8. The van der Waals surface area contributed by atoms with Crippen LogP contribution in [0.5, 0.6) is 0 Å². The molecule has 0 aliphatic heterocycles. The van der Waals surface area contributed by atoms with Gasteiger partial charge in [-0.05, 0) is 0 Å². The van der Waals surface area contributed by atoms with Crippen molar-refractivity contribution in [1.82, 2.24) is 0 Å². The number of rotatable bonds is 0. The minimum Gasteiger partial charge on any atom is -0.235 e. The highest BCUT2D eigenvalue weighted by Gasteiger charge is 1.57. The maximum atomic E-state index is 8.58. The molecule has 48 valence electrons. The summed E-state index contributed by atoms with van der Waals surface area (Å²) in [5, 5.41) is 15.2. The zero-order valence-electron chi connectivity index (χ0n) is 3.68. The highest BCUT2D eigenvalue weighted by Crippen LogP contribution is 1.29. The first-order chi connectivity index (χ1) is 3.46. The van der Waals surface area contributed by atoms with Gasteiger partial charge >= 0.3 is 0 Å². The Hall–Kier alpha value is -1.60. The summed E-state index contributed by atoms with van der Waals surface area (Å²) in [6, 6.07) is 0. The summed E-state index contributed by atoms with van der Waals surface area (Å²) in [6.45, 7) is 0. The topological polar surface area (TPSA) is 138 Å². The summed E-state index contributed by atoms with van der Waals surface area (Å²) >= 11 is 0. The molecule has 0 unspecified atom stereocenters. The van der Waals surface area contributed by atoms with Gasteiger partial charge in [0.25, 0.3) is 0 Å². The lowest BCUT2D eigenvalue weighted by Gasteiger charge is -1.61. The van der Waals surface area contributed by atoms with Crippen molar-refractivity contribution in [3.05, 3.63) is 20.2 Å². The third-order valence-corrected chi connectivity index (χ3v) is 0. The number of hydrogen-bond donors (Lipinski definition) is 2. The van der Waals surface area contributed by atoms with Crippen LogP contribution in [-0.4, -0.2) is 10.1 Å². The van der Waals surface area contributed by atoms with E-state index in [0.717, 1.165) is 0 Å². The molecular formula is H4N4O4. The van der Waals surface area contributed by atoms with E-state index in [4.69, 9.17) is 20.2 Å². The predicted molar refractivity (Wildman–Crippen MR) is 22.4 cm³/mol. The summed E-state index contributed by atoms with van der Waals surface area (Å²) in [5.74, 6) is 7.67. The second kappa shape index (κ2) is 5.40. The van der Waals surface area contributed by atoms with Gasteiger partial charge in [-0.25, -0.2) is 20.2 Å². The van der Waals surface area contributed by atoms with Crippen LogP contribution in [0.15, 0.2) is 0 Å². The van der Waals surface area contributed by atoms with Crippen molar-refractivity contribution in [2.45, 2.75) is 0 Å². The first-order valence-electron chi connectivity index (χ1n) is 1.25. The van der Waals surface area contributed by atoms with Crippen LogP contribution in [0.4, 0.5) is 0 Å². The standard InChI is InChI=1S/2H2N2O2/c2*1-2(3)4/h2*1H2. The van der Waals surface area contributed by atoms with Gasteiger partial charge in [-0.1, -0.05) is 0 Å². The molecule has 0 atom stereocenters. The molecule has 4 N–H and O–H groups in total. The SMILES string of the molecule is N[N+](=O)[O-].N[N+](=O)[O-]. The molecule has 0 amide bonds. The van der Waals surface area contributed by atoms with Crippen LogP contribution in [-0.2, 0) is 0 Å². The third-order valence-electron chi connectivity index (χ3n) is 0. The molecule has 0 saturated heterocycles. The van der Waals surface area contributed by atoms with Gasteiger partial charge in [0.15, 0.2) is 10.1 Å². The molecule has 8 nitrogen and oxygen atoms in total. The first-order valence-corrected chi connectivity index (χ1v) is 1.25. The predicted octanol–water partition coefficient (Wildman–Crippen LogP) is -1.73. The molecular weight excluding hydrogens is 120 g/mol. The van der Waals surface area contributed by atoms with Crippen molar-refractivity contribution in [2.75, 3.05) is 0 Å². The van der Waals surface area contributed by atoms with E-state index in [1.165, 1.54) is 0 Å². The van der Waals surface area contributed by atoms with E-state index in [-0.39, 0.29) is 0 Å². The Bertz CT molecular complexity index is 66.0. The van der Waals surface area contributed by atoms with Crippen LogP contribution in [0.1, 0.15) is 0 Å². The van der Waals surface area contributed by atoms with Gasteiger partial charge in [-0.2, -0.15) is 11.7 Å². The van der Waals surface area contributed by atoms with E-state index in [1.54, 1.807) is 0 Å². The van der Waals surface area contributed by atoms with Crippen molar-refractivity contribution in [2.24, 2.45) is 11.7 Å². The van der Waals surface area contributed by atoms with Crippen LogP contribution >= 0.6 is 0 Å². The molecule has 8 heavy (non-hydrogen) atoms. The van der Waals surface area contributed by atoms with E-state index in [9.17, 15) is 0 Å². The molecule has 0 spiro atoms. The monoisotopic (exact) mass is 124 g/mol. The van der Waals surface area contributed by atoms with Gasteiger partial charge < -0.3 is 0 Å². The van der Waals surface area contributed by atoms with Crippen LogP contribution in [0.2, 0.25) is 0 Å². The van der Waals surface area contributed by atoms with Crippen LogP contribution in [0.3, 0.4) is 0 Å². The Balaban J connectivity index is 0. The van der Waals surface area contributed by atoms with E-state index < -0.39 is 10.1 Å². The Labute approximate surface area is 43.3 Å². The van der Waals surface area contributed by atoms with Gasteiger partial charge in [0.2, 0.25) is 0 Å². The van der Waals surface area contributed by atoms with Crippen molar-refractivity contribution in [3.63, 3.8) is 0 Å². The number of nitrogens with two attached hydrogens (primary N) is 2. The fourth-order valence-corrected chi connectivity index (χ4v) is 0. The minimum atomic E-state index is -1.00. The largest absolute Gasteiger partial charge is 0.235 e. The summed E-state index contributed by atoms with van der Waals surface area (Å²) in [4.78, 5) is 17.2. The normalized spacial score (nSPS) is 6.00. The Kier molecular flexibility index (Phi) is 6.51. The molecule has 0 heterocycles. The van der Waals surface area contributed by atoms with Crippen LogP contribution in [0.25, 0.3) is 0 Å². The van der Waals surface area contributed by atoms with Gasteiger partial charge in [-0.15, -0.1) is 0 Å². The average Bonchev–Trinajstić information content (AvgIpc) is 1.25. The second-order valence-corrected chi connectivity index (χ2v) is 0.571. The van der Waals surface area contributed by atoms with Crippen molar-refractivity contribution >= 4 is 0 Å². The molecule has 0 aliphatic carbocycles. The van der Waals surface area contributed by atoms with E-state index >= 15 is 0 Å². The van der Waals surface area contributed by atoms with Crippen LogP contribution in [0, 0.1) is 20.2 Å². The van der Waals surface area contributed by atoms with E-state index in [1.807, 2.05) is 0 Å². The Morgan fingerprint density at radius 1 is 1.00 bits per heavy atom. The lowest BCUT2D eigenvalue weighted by Crippen LogP contribution is -2.04. The molecule has 0 radical (unpaired) electrons. The maximum Gasteiger partial charge on any atom is 0.154 e. The van der Waals surface area contributed by atoms with E-state index in [2.05, 4.69) is 11.7 Å². The highest BCUT2D eigenvalue weighted by atomic mass is 16.7. The van der Waals surface area contributed by atoms with Gasteiger partial charge in [0, 0.05) is 0 Å². The number of hydrogen-bond acceptors (Lipinski definition) is 4. The molecule has 0 fully saturated rings. The molecule has 0 aromatic rings. The molecule has 0 bridgehead atoms. The fraction of sp³-hybridized carbons (Fsp3) is 0. The first kappa shape index (κ1) is 9.64. The summed E-state index contributed by atoms with van der Waals surface area (Å²) in [5.41, 5.74) is 0. The average molecular weight is 124 g/mol. The molecule has 8 heteroatoms. The van der Waals surface area contributed by atoms with Crippen LogP contribution < -0.4 is 11.7 Å². The minimum absolute atomic E-state index is 1.00.